The van der Waals surface area contributed by atoms with E-state index in [0.29, 0.717) is 0 Å². The van der Waals surface area contributed by atoms with Gasteiger partial charge in [0.1, 0.15) is 0 Å². The van der Waals surface area contributed by atoms with Gasteiger partial charge in [-0.3, -0.25) is 0 Å². The predicted molar refractivity (Wildman–Crippen MR) is 70.8 cm³/mol. The van der Waals surface area contributed by atoms with Gasteiger partial charge in [-0.2, -0.15) is 11.8 Å². The van der Waals surface area contributed by atoms with Gasteiger partial charge in [0.25, 0.3) is 0 Å². The summed E-state index contributed by atoms with van der Waals surface area (Å²) in [6.07, 6.45) is 8.73. The van der Waals surface area contributed by atoms with Crippen molar-refractivity contribution in [2.24, 2.45) is 0 Å². The highest BCUT2D eigenvalue weighted by Crippen LogP contribution is 2.03. The van der Waals surface area contributed by atoms with Crippen molar-refractivity contribution in [3.8, 4) is 0 Å². The van der Waals surface area contributed by atoms with E-state index in [1.54, 1.807) is 0 Å². The van der Waals surface area contributed by atoms with Gasteiger partial charge in [-0.25, -0.2) is 0 Å². The molecule has 0 saturated heterocycles. The Labute approximate surface area is 99.5 Å². The number of rotatable bonds is 12. The van der Waals surface area contributed by atoms with Crippen LogP contribution in [0.15, 0.2) is 0 Å². The molecule has 0 amide bonds. The van der Waals surface area contributed by atoms with Crippen molar-refractivity contribution in [3.63, 3.8) is 0 Å². The third-order valence-corrected chi connectivity index (χ3v) is 2.92. The number of unbranched alkanes of at least 4 members (excludes halogenated alkanes) is 3. The van der Waals surface area contributed by atoms with Crippen molar-refractivity contribution in [1.82, 2.24) is 5.32 Å². The summed E-state index contributed by atoms with van der Waals surface area (Å²) in [6, 6.07) is 0. The molecule has 0 aliphatic rings. The van der Waals surface area contributed by atoms with Crippen molar-refractivity contribution in [1.29, 1.82) is 0 Å². The molecule has 0 aromatic rings. The van der Waals surface area contributed by atoms with Gasteiger partial charge >= 0.3 is 0 Å². The monoisotopic (exact) mass is 233 g/mol. The van der Waals surface area contributed by atoms with Crippen LogP contribution in [-0.2, 0) is 4.74 Å². The summed E-state index contributed by atoms with van der Waals surface area (Å²) < 4.78 is 5.38. The topological polar surface area (TPSA) is 21.3 Å². The van der Waals surface area contributed by atoms with E-state index in [1.165, 1.54) is 31.4 Å². The summed E-state index contributed by atoms with van der Waals surface area (Å²) in [5.41, 5.74) is 0. The smallest absolute Gasteiger partial charge is 0.0590 e. The summed E-state index contributed by atoms with van der Waals surface area (Å²) in [7, 11) is 0. The first-order chi connectivity index (χ1) is 7.41. The SMILES string of the molecule is CCCOCCNCCCCCCSC. The van der Waals surface area contributed by atoms with Crippen molar-refractivity contribution in [2.75, 3.05) is 38.3 Å². The quantitative estimate of drug-likeness (QED) is 0.524. The molecule has 0 aromatic heterocycles. The first-order valence-corrected chi connectivity index (χ1v) is 7.58. The lowest BCUT2D eigenvalue weighted by Crippen LogP contribution is -2.21. The highest BCUT2D eigenvalue weighted by Gasteiger charge is 1.90. The van der Waals surface area contributed by atoms with Crippen LogP contribution in [0.3, 0.4) is 0 Å². The highest BCUT2D eigenvalue weighted by atomic mass is 32.2. The number of hydrogen-bond acceptors (Lipinski definition) is 3. The van der Waals surface area contributed by atoms with Gasteiger partial charge in [-0.05, 0) is 37.8 Å². The zero-order valence-corrected chi connectivity index (χ0v) is 11.2. The van der Waals surface area contributed by atoms with Gasteiger partial charge in [0.05, 0.1) is 6.61 Å². The Hall–Kier alpha value is 0.270. The van der Waals surface area contributed by atoms with Crippen molar-refractivity contribution >= 4 is 11.8 Å². The predicted octanol–water partition coefficient (Wildman–Crippen LogP) is 2.93. The van der Waals surface area contributed by atoms with E-state index in [-0.39, 0.29) is 0 Å². The minimum atomic E-state index is 0.861. The molecule has 0 heterocycles. The molecule has 0 aliphatic heterocycles. The average Bonchev–Trinajstić information content (AvgIpc) is 2.26. The first-order valence-electron chi connectivity index (χ1n) is 6.19. The first kappa shape index (κ1) is 15.3. The van der Waals surface area contributed by atoms with Crippen LogP contribution in [0.25, 0.3) is 0 Å². The van der Waals surface area contributed by atoms with E-state index in [1.807, 2.05) is 11.8 Å². The van der Waals surface area contributed by atoms with Gasteiger partial charge in [-0.15, -0.1) is 0 Å². The van der Waals surface area contributed by atoms with Gasteiger partial charge < -0.3 is 10.1 Å². The highest BCUT2D eigenvalue weighted by molar-refractivity contribution is 7.98. The molecule has 0 saturated carbocycles. The minimum absolute atomic E-state index is 0.861. The normalized spacial score (nSPS) is 10.8. The summed E-state index contributed by atoms with van der Waals surface area (Å²) in [6.45, 7) is 6.05. The van der Waals surface area contributed by atoms with Crippen LogP contribution >= 0.6 is 11.8 Å². The van der Waals surface area contributed by atoms with Crippen molar-refractivity contribution < 1.29 is 4.74 Å². The number of ether oxygens (including phenoxy) is 1. The molecule has 0 radical (unpaired) electrons. The van der Waals surface area contributed by atoms with Gasteiger partial charge in [0.2, 0.25) is 0 Å². The fourth-order valence-electron chi connectivity index (χ4n) is 1.37. The Bertz CT molecular complexity index is 99.8. The van der Waals surface area contributed by atoms with Crippen LogP contribution in [0.1, 0.15) is 39.0 Å². The molecule has 3 heteroatoms. The third-order valence-electron chi connectivity index (χ3n) is 2.22. The molecule has 0 atom stereocenters. The lowest BCUT2D eigenvalue weighted by Gasteiger charge is -2.05. The Morgan fingerprint density at radius 2 is 1.80 bits per heavy atom. The molecule has 1 N–H and O–H groups in total. The second kappa shape index (κ2) is 14.3. The van der Waals surface area contributed by atoms with E-state index in [2.05, 4.69) is 18.5 Å². The Morgan fingerprint density at radius 3 is 2.53 bits per heavy atom. The molecule has 0 fully saturated rings. The summed E-state index contributed by atoms with van der Waals surface area (Å²) in [5.74, 6) is 1.32. The molecule has 0 aromatic carbocycles. The molecule has 0 spiro atoms. The van der Waals surface area contributed by atoms with E-state index >= 15 is 0 Å². The van der Waals surface area contributed by atoms with E-state index in [9.17, 15) is 0 Å². The van der Waals surface area contributed by atoms with Crippen LogP contribution in [-0.4, -0.2) is 38.3 Å². The summed E-state index contributed by atoms with van der Waals surface area (Å²) in [4.78, 5) is 0. The van der Waals surface area contributed by atoms with E-state index in [0.717, 1.165) is 32.7 Å². The van der Waals surface area contributed by atoms with Gasteiger partial charge in [0, 0.05) is 13.2 Å². The molecule has 0 rings (SSSR count). The molecule has 92 valence electrons. The fraction of sp³-hybridized carbons (Fsp3) is 1.00. The van der Waals surface area contributed by atoms with Gasteiger partial charge in [-0.1, -0.05) is 19.8 Å². The standard InChI is InChI=1S/C12H27NOS/c1-3-10-14-11-9-13-8-6-4-5-7-12-15-2/h13H,3-12H2,1-2H3. The molecular formula is C12H27NOS. The van der Waals surface area contributed by atoms with Crippen LogP contribution in [0, 0.1) is 0 Å². The lowest BCUT2D eigenvalue weighted by molar-refractivity contribution is 0.136. The van der Waals surface area contributed by atoms with E-state index < -0.39 is 0 Å². The molecule has 0 aliphatic carbocycles. The molecular weight excluding hydrogens is 206 g/mol. The second-order valence-electron chi connectivity index (χ2n) is 3.77. The Balaban J connectivity index is 2.81. The maximum absolute atomic E-state index is 5.38. The van der Waals surface area contributed by atoms with Crippen LogP contribution in [0.4, 0.5) is 0 Å². The van der Waals surface area contributed by atoms with Crippen LogP contribution in [0.5, 0.6) is 0 Å². The average molecular weight is 233 g/mol. The van der Waals surface area contributed by atoms with Crippen LogP contribution in [0.2, 0.25) is 0 Å². The van der Waals surface area contributed by atoms with Crippen molar-refractivity contribution in [3.05, 3.63) is 0 Å². The fourth-order valence-corrected chi connectivity index (χ4v) is 1.86. The molecule has 2 nitrogen and oxygen atoms in total. The lowest BCUT2D eigenvalue weighted by atomic mass is 10.2. The number of thioether (sulfide) groups is 1. The summed E-state index contributed by atoms with van der Waals surface area (Å²) >= 11 is 1.95. The molecule has 15 heavy (non-hydrogen) atoms. The minimum Gasteiger partial charge on any atom is -0.380 e. The van der Waals surface area contributed by atoms with Crippen molar-refractivity contribution in [2.45, 2.75) is 39.0 Å². The number of nitrogens with one attached hydrogen (secondary N) is 1. The zero-order valence-electron chi connectivity index (χ0n) is 10.4. The second-order valence-corrected chi connectivity index (χ2v) is 4.75. The number of hydrogen-bond donors (Lipinski definition) is 1. The van der Waals surface area contributed by atoms with E-state index in [4.69, 9.17) is 4.74 Å². The van der Waals surface area contributed by atoms with Crippen LogP contribution < -0.4 is 5.32 Å². The van der Waals surface area contributed by atoms with Gasteiger partial charge in [0.15, 0.2) is 0 Å². The molecule has 0 bridgehead atoms. The molecule has 0 unspecified atom stereocenters. The Morgan fingerprint density at radius 1 is 1.00 bits per heavy atom. The maximum atomic E-state index is 5.38. The third kappa shape index (κ3) is 14.3. The Kier molecular flexibility index (Phi) is 14.5. The maximum Gasteiger partial charge on any atom is 0.0590 e. The largest absolute Gasteiger partial charge is 0.380 e. The zero-order chi connectivity index (χ0) is 11.2. The summed E-state index contributed by atoms with van der Waals surface area (Å²) in [5, 5.41) is 3.40.